The molecule has 3 aromatic rings. The Morgan fingerprint density at radius 2 is 1.86 bits per heavy atom. The topological polar surface area (TPSA) is 88.0 Å². The summed E-state index contributed by atoms with van der Waals surface area (Å²) in [5.74, 6) is 3.01. The highest BCUT2D eigenvalue weighted by atomic mass is 32.2. The first-order valence-corrected chi connectivity index (χ1v) is 10.7. The summed E-state index contributed by atoms with van der Waals surface area (Å²) in [7, 11) is 0. The minimum Gasteiger partial charge on any atom is -0.370 e. The zero-order valence-electron chi connectivity index (χ0n) is 16.0. The molecule has 9 heteroatoms. The lowest BCUT2D eigenvalue weighted by Crippen LogP contribution is -2.35. The van der Waals surface area contributed by atoms with E-state index < -0.39 is 0 Å². The van der Waals surface area contributed by atoms with Gasteiger partial charge >= 0.3 is 6.03 Å². The highest BCUT2D eigenvalue weighted by molar-refractivity contribution is 7.99. The fourth-order valence-electron chi connectivity index (χ4n) is 3.16. The molecule has 2 N–H and O–H groups in total. The number of nitrogens with zero attached hydrogens (tertiary/aromatic N) is 5. The standard InChI is InChI=1S/C20H23N7OS/c28-20(24-13-17-2-1-7-22-19(17)27-15-21-14-25-27)23-12-16-3-5-18(6-4-16)26-8-10-29-11-9-26/h1-7,14-15H,8-13H2,(H2,23,24,28). The molecule has 0 aliphatic carbocycles. The number of pyridine rings is 1. The number of anilines is 1. The Morgan fingerprint density at radius 1 is 1.07 bits per heavy atom. The van der Waals surface area contributed by atoms with E-state index >= 15 is 0 Å². The molecule has 0 unspecified atom stereocenters. The van der Waals surface area contributed by atoms with Crippen LogP contribution < -0.4 is 15.5 Å². The van der Waals surface area contributed by atoms with Crippen molar-refractivity contribution in [1.29, 1.82) is 0 Å². The van der Waals surface area contributed by atoms with Gasteiger partial charge in [-0.25, -0.2) is 19.4 Å². The van der Waals surface area contributed by atoms with Crippen molar-refractivity contribution in [3.8, 4) is 5.82 Å². The fourth-order valence-corrected chi connectivity index (χ4v) is 4.06. The molecule has 0 bridgehead atoms. The molecule has 0 atom stereocenters. The van der Waals surface area contributed by atoms with E-state index in [-0.39, 0.29) is 6.03 Å². The van der Waals surface area contributed by atoms with Crippen molar-refractivity contribution in [1.82, 2.24) is 30.4 Å². The van der Waals surface area contributed by atoms with E-state index in [1.165, 1.54) is 23.5 Å². The second-order valence-electron chi connectivity index (χ2n) is 6.63. The maximum atomic E-state index is 12.2. The van der Waals surface area contributed by atoms with E-state index in [0.29, 0.717) is 18.9 Å². The highest BCUT2D eigenvalue weighted by Gasteiger charge is 2.11. The number of amides is 2. The van der Waals surface area contributed by atoms with Gasteiger partial charge in [0.1, 0.15) is 12.7 Å². The Hall–Kier alpha value is -3.07. The largest absolute Gasteiger partial charge is 0.370 e. The van der Waals surface area contributed by atoms with Gasteiger partial charge in [0.15, 0.2) is 5.82 Å². The highest BCUT2D eigenvalue weighted by Crippen LogP contribution is 2.19. The number of urea groups is 1. The predicted molar refractivity (Wildman–Crippen MR) is 114 cm³/mol. The first-order chi connectivity index (χ1) is 14.3. The van der Waals surface area contributed by atoms with Gasteiger partial charge in [-0.1, -0.05) is 18.2 Å². The third-order valence-electron chi connectivity index (χ3n) is 4.71. The number of hydrogen-bond acceptors (Lipinski definition) is 6. The van der Waals surface area contributed by atoms with Gasteiger partial charge in [0, 0.05) is 55.1 Å². The van der Waals surface area contributed by atoms with Gasteiger partial charge in [-0.05, 0) is 23.8 Å². The van der Waals surface area contributed by atoms with Crippen LogP contribution in [0.4, 0.5) is 10.5 Å². The molecule has 1 aliphatic rings. The van der Waals surface area contributed by atoms with Crippen LogP contribution in [0.15, 0.2) is 55.2 Å². The maximum Gasteiger partial charge on any atom is 0.315 e. The van der Waals surface area contributed by atoms with Crippen LogP contribution >= 0.6 is 11.8 Å². The Morgan fingerprint density at radius 3 is 2.62 bits per heavy atom. The molecule has 8 nitrogen and oxygen atoms in total. The van der Waals surface area contributed by atoms with Crippen LogP contribution in [-0.2, 0) is 13.1 Å². The lowest BCUT2D eigenvalue weighted by molar-refractivity contribution is 0.240. The van der Waals surface area contributed by atoms with Crippen LogP contribution in [0.2, 0.25) is 0 Å². The van der Waals surface area contributed by atoms with Gasteiger partial charge in [0.2, 0.25) is 0 Å². The molecule has 1 aliphatic heterocycles. The van der Waals surface area contributed by atoms with Crippen molar-refractivity contribution in [2.75, 3.05) is 29.5 Å². The average Bonchev–Trinajstić information content (AvgIpc) is 3.32. The predicted octanol–water partition coefficient (Wildman–Crippen LogP) is 2.21. The molecule has 150 valence electrons. The molecule has 3 heterocycles. The van der Waals surface area contributed by atoms with Crippen molar-refractivity contribution in [2.24, 2.45) is 0 Å². The molecule has 29 heavy (non-hydrogen) atoms. The first-order valence-electron chi connectivity index (χ1n) is 9.52. The number of nitrogens with one attached hydrogen (secondary N) is 2. The normalized spacial score (nSPS) is 13.9. The number of thioether (sulfide) groups is 1. The molecule has 2 aromatic heterocycles. The van der Waals surface area contributed by atoms with E-state index in [0.717, 1.165) is 24.2 Å². The SMILES string of the molecule is O=C(NCc1ccc(N2CCSCC2)cc1)NCc1cccnc1-n1cncn1. The Balaban J connectivity index is 1.28. The number of benzene rings is 1. The average molecular weight is 410 g/mol. The van der Waals surface area contributed by atoms with Crippen LogP contribution in [0.5, 0.6) is 0 Å². The van der Waals surface area contributed by atoms with Gasteiger partial charge in [0.05, 0.1) is 0 Å². The van der Waals surface area contributed by atoms with Gasteiger partial charge in [0.25, 0.3) is 0 Å². The summed E-state index contributed by atoms with van der Waals surface area (Å²) in [5.41, 5.74) is 3.17. The quantitative estimate of drug-likeness (QED) is 0.649. The Bertz CT molecular complexity index is 924. The van der Waals surface area contributed by atoms with Crippen molar-refractivity contribution >= 4 is 23.5 Å². The Labute approximate surface area is 173 Å². The van der Waals surface area contributed by atoms with Crippen molar-refractivity contribution in [2.45, 2.75) is 13.1 Å². The minimum atomic E-state index is -0.226. The second kappa shape index (κ2) is 9.42. The summed E-state index contributed by atoms with van der Waals surface area (Å²) in [6.45, 7) is 3.01. The summed E-state index contributed by atoms with van der Waals surface area (Å²) >= 11 is 2.00. The van der Waals surface area contributed by atoms with Gasteiger partial charge < -0.3 is 15.5 Å². The van der Waals surface area contributed by atoms with E-state index in [4.69, 9.17) is 0 Å². The third-order valence-corrected chi connectivity index (χ3v) is 5.65. The summed E-state index contributed by atoms with van der Waals surface area (Å²) in [6.07, 6.45) is 4.72. The Kier molecular flexibility index (Phi) is 6.25. The van der Waals surface area contributed by atoms with E-state index in [9.17, 15) is 4.79 Å². The molecule has 0 saturated carbocycles. The number of carbonyl (C=O) groups is 1. The lowest BCUT2D eigenvalue weighted by Gasteiger charge is -2.28. The van der Waals surface area contributed by atoms with Crippen molar-refractivity contribution < 1.29 is 4.79 Å². The maximum absolute atomic E-state index is 12.2. The first kappa shape index (κ1) is 19.3. The van der Waals surface area contributed by atoms with Gasteiger partial charge in [-0.3, -0.25) is 0 Å². The van der Waals surface area contributed by atoms with Crippen LogP contribution in [0.3, 0.4) is 0 Å². The second-order valence-corrected chi connectivity index (χ2v) is 7.85. The summed E-state index contributed by atoms with van der Waals surface area (Å²) in [5, 5.41) is 9.87. The van der Waals surface area contributed by atoms with Crippen molar-refractivity contribution in [3.05, 3.63) is 66.4 Å². The van der Waals surface area contributed by atoms with E-state index in [2.05, 4.69) is 54.9 Å². The molecule has 2 amide bonds. The summed E-state index contributed by atoms with van der Waals surface area (Å²) in [4.78, 5) is 22.9. The van der Waals surface area contributed by atoms with Crippen molar-refractivity contribution in [3.63, 3.8) is 0 Å². The monoisotopic (exact) mass is 409 g/mol. The number of carbonyl (C=O) groups excluding carboxylic acids is 1. The van der Waals surface area contributed by atoms with Gasteiger partial charge in [-0.2, -0.15) is 16.9 Å². The van der Waals surface area contributed by atoms with Crippen LogP contribution in [0.25, 0.3) is 5.82 Å². The molecular formula is C20H23N7OS. The molecule has 4 rings (SSSR count). The molecular weight excluding hydrogens is 386 g/mol. The molecule has 1 fully saturated rings. The summed E-state index contributed by atoms with van der Waals surface area (Å²) in [6, 6.07) is 11.9. The van der Waals surface area contributed by atoms with Crippen LogP contribution in [-0.4, -0.2) is 50.4 Å². The number of hydrogen-bond donors (Lipinski definition) is 2. The van der Waals surface area contributed by atoms with Gasteiger partial charge in [-0.15, -0.1) is 0 Å². The fraction of sp³-hybridized carbons (Fsp3) is 0.300. The third kappa shape index (κ3) is 5.05. The zero-order valence-corrected chi connectivity index (χ0v) is 16.8. The zero-order chi connectivity index (χ0) is 19.9. The molecule has 0 radical (unpaired) electrons. The number of rotatable bonds is 6. The smallest absolute Gasteiger partial charge is 0.315 e. The minimum absolute atomic E-state index is 0.226. The molecule has 1 saturated heterocycles. The van der Waals surface area contributed by atoms with Crippen LogP contribution in [0.1, 0.15) is 11.1 Å². The molecule has 1 aromatic carbocycles. The molecule has 0 spiro atoms. The van der Waals surface area contributed by atoms with Crippen LogP contribution in [0, 0.1) is 0 Å². The summed E-state index contributed by atoms with van der Waals surface area (Å²) < 4.78 is 1.58. The van der Waals surface area contributed by atoms with E-state index in [1.807, 2.05) is 23.9 Å². The number of aromatic nitrogens is 4. The van der Waals surface area contributed by atoms with E-state index in [1.54, 1.807) is 17.2 Å². The lowest BCUT2D eigenvalue weighted by atomic mass is 10.2.